The van der Waals surface area contributed by atoms with Gasteiger partial charge in [-0.15, -0.1) is 0 Å². The van der Waals surface area contributed by atoms with Crippen molar-refractivity contribution < 1.29 is 4.79 Å². The van der Waals surface area contributed by atoms with Gasteiger partial charge in [-0.3, -0.25) is 24.8 Å². The van der Waals surface area contributed by atoms with E-state index in [-0.39, 0.29) is 24.0 Å². The summed E-state index contributed by atoms with van der Waals surface area (Å²) in [5, 5.41) is 11.2. The van der Waals surface area contributed by atoms with Gasteiger partial charge in [0.15, 0.2) is 17.3 Å². The SMILES string of the molecule is CCNC(CC(N)=O)(NCC)c1ccc(-c2nc3c(=O)n(C)c(=O)nc-3n(C(C)C)n2)cc1. The van der Waals surface area contributed by atoms with Gasteiger partial charge in [-0.25, -0.2) is 14.5 Å². The Balaban J connectivity index is 2.15. The predicted molar refractivity (Wildman–Crippen MR) is 125 cm³/mol. The Morgan fingerprint density at radius 1 is 1.09 bits per heavy atom. The predicted octanol–water partition coefficient (Wildman–Crippen LogP) is 0.332. The van der Waals surface area contributed by atoms with E-state index in [4.69, 9.17) is 5.73 Å². The molecule has 1 aromatic rings. The molecular formula is C22H30N8O3. The molecule has 0 aromatic heterocycles. The Labute approximate surface area is 191 Å². The molecule has 3 rings (SSSR count). The van der Waals surface area contributed by atoms with Crippen LogP contribution in [-0.2, 0) is 17.5 Å². The highest BCUT2D eigenvalue weighted by Crippen LogP contribution is 2.26. The van der Waals surface area contributed by atoms with Crippen LogP contribution in [0.4, 0.5) is 0 Å². The van der Waals surface area contributed by atoms with Crippen LogP contribution in [0.25, 0.3) is 22.9 Å². The number of hydrogen-bond acceptors (Lipinski definition) is 8. The van der Waals surface area contributed by atoms with E-state index in [1.807, 2.05) is 52.0 Å². The number of rotatable bonds is 9. The van der Waals surface area contributed by atoms with Gasteiger partial charge in [0.1, 0.15) is 5.66 Å². The summed E-state index contributed by atoms with van der Waals surface area (Å²) in [6, 6.07) is 7.23. The first-order valence-electron chi connectivity index (χ1n) is 10.9. The van der Waals surface area contributed by atoms with E-state index in [0.29, 0.717) is 24.5 Å². The molecule has 11 nitrogen and oxygen atoms in total. The fourth-order valence-corrected chi connectivity index (χ4v) is 3.84. The number of fused-ring (bicyclic) bond motifs is 1. The largest absolute Gasteiger partial charge is 0.370 e. The maximum absolute atomic E-state index is 12.7. The number of amides is 1. The second-order valence-electron chi connectivity index (χ2n) is 8.09. The Morgan fingerprint density at radius 2 is 1.70 bits per heavy atom. The van der Waals surface area contributed by atoms with Gasteiger partial charge in [0.25, 0.3) is 5.56 Å². The Bertz CT molecular complexity index is 1220. The third kappa shape index (κ3) is 4.69. The smallest absolute Gasteiger partial charge is 0.352 e. The molecule has 0 fully saturated rings. The minimum absolute atomic E-state index is 0.0725. The van der Waals surface area contributed by atoms with Crippen LogP contribution in [0.15, 0.2) is 33.9 Å². The Kier molecular flexibility index (Phi) is 7.04. The summed E-state index contributed by atoms with van der Waals surface area (Å²) in [6.07, 6.45) is 0.0765. The molecular weight excluding hydrogens is 424 g/mol. The molecule has 11 heteroatoms. The maximum atomic E-state index is 12.7. The second kappa shape index (κ2) is 9.59. The van der Waals surface area contributed by atoms with Crippen molar-refractivity contribution >= 4 is 5.91 Å². The molecule has 1 aromatic carbocycles. The van der Waals surface area contributed by atoms with Gasteiger partial charge in [-0.2, -0.15) is 10.1 Å². The molecule has 2 aliphatic heterocycles. The lowest BCUT2D eigenvalue weighted by atomic mass is 9.93. The minimum Gasteiger partial charge on any atom is -0.370 e. The quantitative estimate of drug-likeness (QED) is 0.392. The summed E-state index contributed by atoms with van der Waals surface area (Å²) in [5.41, 5.74) is 5.12. The molecule has 33 heavy (non-hydrogen) atoms. The lowest BCUT2D eigenvalue weighted by Crippen LogP contribution is -2.55. The molecule has 1 amide bonds. The number of primary amides is 1. The van der Waals surface area contributed by atoms with Crippen LogP contribution in [0, 0.1) is 0 Å². The Morgan fingerprint density at radius 3 is 2.21 bits per heavy atom. The maximum Gasteiger partial charge on any atom is 0.352 e. The van der Waals surface area contributed by atoms with Crippen LogP contribution < -0.4 is 27.6 Å². The van der Waals surface area contributed by atoms with E-state index in [1.54, 1.807) is 0 Å². The summed E-state index contributed by atoms with van der Waals surface area (Å²) in [5.74, 6) is 0.0452. The van der Waals surface area contributed by atoms with Crippen molar-refractivity contribution in [3.63, 3.8) is 0 Å². The van der Waals surface area contributed by atoms with E-state index in [9.17, 15) is 14.4 Å². The average Bonchev–Trinajstić information content (AvgIpc) is 2.77. The van der Waals surface area contributed by atoms with Gasteiger partial charge in [-0.1, -0.05) is 38.1 Å². The lowest BCUT2D eigenvalue weighted by Gasteiger charge is -2.35. The highest BCUT2D eigenvalue weighted by Gasteiger charge is 2.32. The zero-order valence-electron chi connectivity index (χ0n) is 19.5. The summed E-state index contributed by atoms with van der Waals surface area (Å²) < 4.78 is 2.46. The normalized spacial score (nSPS) is 11.9. The number of nitrogens with one attached hydrogen (secondary N) is 2. The lowest BCUT2D eigenvalue weighted by molar-refractivity contribution is -0.120. The molecule has 0 saturated carbocycles. The summed E-state index contributed by atoms with van der Waals surface area (Å²) >= 11 is 0. The van der Waals surface area contributed by atoms with Crippen molar-refractivity contribution in [3.8, 4) is 22.9 Å². The first-order chi connectivity index (χ1) is 15.6. The molecule has 4 N–H and O–H groups in total. The third-order valence-corrected chi connectivity index (χ3v) is 5.37. The van der Waals surface area contributed by atoms with Crippen molar-refractivity contribution in [1.82, 2.24) is 34.9 Å². The van der Waals surface area contributed by atoms with E-state index < -0.39 is 22.8 Å². The number of nitrogens with two attached hydrogens (primary N) is 1. The van der Waals surface area contributed by atoms with Crippen molar-refractivity contribution in [1.29, 1.82) is 0 Å². The minimum atomic E-state index is -0.805. The van der Waals surface area contributed by atoms with Gasteiger partial charge in [-0.05, 0) is 32.5 Å². The first-order valence-corrected chi connectivity index (χ1v) is 10.9. The van der Waals surface area contributed by atoms with Gasteiger partial charge >= 0.3 is 5.69 Å². The summed E-state index contributed by atoms with van der Waals surface area (Å²) in [6.45, 7) is 8.93. The van der Waals surface area contributed by atoms with Crippen LogP contribution in [0.1, 0.15) is 45.7 Å². The van der Waals surface area contributed by atoms with Crippen LogP contribution in [0.2, 0.25) is 0 Å². The molecule has 2 aliphatic rings. The van der Waals surface area contributed by atoms with Crippen LogP contribution in [0.5, 0.6) is 0 Å². The van der Waals surface area contributed by atoms with E-state index in [1.165, 1.54) is 11.7 Å². The molecule has 0 saturated heterocycles. The topological polar surface area (TPSA) is 150 Å². The first kappa shape index (κ1) is 24.2. The second-order valence-corrected chi connectivity index (χ2v) is 8.09. The van der Waals surface area contributed by atoms with Gasteiger partial charge in [0.05, 0.1) is 6.42 Å². The number of hydrogen-bond donors (Lipinski definition) is 3. The molecule has 0 spiro atoms. The number of benzene rings is 1. The van der Waals surface area contributed by atoms with Crippen molar-refractivity contribution in [2.45, 2.75) is 45.8 Å². The number of nitrogens with zero attached hydrogens (tertiary/aromatic N) is 5. The zero-order valence-corrected chi connectivity index (χ0v) is 19.5. The van der Waals surface area contributed by atoms with Crippen LogP contribution >= 0.6 is 0 Å². The van der Waals surface area contributed by atoms with Crippen molar-refractivity contribution in [2.24, 2.45) is 12.8 Å². The fourth-order valence-electron chi connectivity index (χ4n) is 3.84. The van der Waals surface area contributed by atoms with E-state index in [2.05, 4.69) is 25.7 Å². The van der Waals surface area contributed by atoms with Gasteiger partial charge < -0.3 is 5.73 Å². The number of carbonyl (C=O) groups excluding carboxylic acids is 1. The Hall–Kier alpha value is -3.44. The fraction of sp³-hybridized carbons (Fsp3) is 0.455. The molecule has 0 aliphatic carbocycles. The van der Waals surface area contributed by atoms with E-state index in [0.717, 1.165) is 10.1 Å². The summed E-state index contributed by atoms with van der Waals surface area (Å²) in [4.78, 5) is 45.0. The third-order valence-electron chi connectivity index (χ3n) is 5.37. The molecule has 2 heterocycles. The molecule has 0 bridgehead atoms. The van der Waals surface area contributed by atoms with Crippen molar-refractivity contribution in [2.75, 3.05) is 13.1 Å². The average molecular weight is 455 g/mol. The summed E-state index contributed by atoms with van der Waals surface area (Å²) in [7, 11) is 1.37. The van der Waals surface area contributed by atoms with Crippen molar-refractivity contribution in [3.05, 3.63) is 50.7 Å². The van der Waals surface area contributed by atoms with E-state index >= 15 is 0 Å². The highest BCUT2D eigenvalue weighted by atomic mass is 16.2. The van der Waals surface area contributed by atoms with Gasteiger partial charge in [0, 0.05) is 18.7 Å². The monoisotopic (exact) mass is 454 g/mol. The van der Waals surface area contributed by atoms with Crippen LogP contribution in [0.3, 0.4) is 0 Å². The molecule has 0 unspecified atom stereocenters. The van der Waals surface area contributed by atoms with Crippen LogP contribution in [-0.4, -0.2) is 43.3 Å². The standard InChI is InChI=1S/C22H30N8O3/c1-6-24-22(25-7-2,12-16(23)31)15-10-8-14(9-11-15)18-26-17-19(30(28-18)13(3)4)27-21(33)29(5)20(17)32/h8-11,13,24-25H,6-7,12H2,1-5H3,(H2,23,31). The highest BCUT2D eigenvalue weighted by molar-refractivity contribution is 5.75. The zero-order chi connectivity index (χ0) is 24.3. The molecule has 0 radical (unpaired) electrons. The number of carbonyl (C=O) groups is 1. The molecule has 176 valence electrons. The van der Waals surface area contributed by atoms with Gasteiger partial charge in [0.2, 0.25) is 5.91 Å². The molecule has 0 atom stereocenters. The number of aromatic nitrogens is 5.